The predicted octanol–water partition coefficient (Wildman–Crippen LogP) is 2.62. The van der Waals surface area contributed by atoms with Crippen molar-refractivity contribution in [1.29, 1.82) is 0 Å². The van der Waals surface area contributed by atoms with Crippen molar-refractivity contribution in [1.82, 2.24) is 0 Å². The molecule has 0 N–H and O–H groups in total. The normalized spacial score (nSPS) is 31.3. The van der Waals surface area contributed by atoms with Crippen LogP contribution in [0, 0.1) is 11.8 Å². The molecule has 1 nitrogen and oxygen atoms in total. The van der Waals surface area contributed by atoms with Gasteiger partial charge in [0.25, 0.3) is 0 Å². The van der Waals surface area contributed by atoms with Crippen molar-refractivity contribution in [2.45, 2.75) is 32.8 Å². The average molecular weight is 154 g/mol. The van der Waals surface area contributed by atoms with E-state index in [4.69, 9.17) is 4.74 Å². The number of methoxy groups -OCH3 is 1. The van der Waals surface area contributed by atoms with Gasteiger partial charge in [-0.2, -0.15) is 0 Å². The van der Waals surface area contributed by atoms with Crippen LogP contribution in [-0.2, 0) is 4.74 Å². The first-order valence-corrected chi connectivity index (χ1v) is 4.45. The van der Waals surface area contributed by atoms with Crippen molar-refractivity contribution in [3.05, 3.63) is 12.2 Å². The zero-order valence-electron chi connectivity index (χ0n) is 7.71. The molecule has 2 atom stereocenters. The van der Waals surface area contributed by atoms with E-state index in [1.54, 1.807) is 7.11 Å². The Morgan fingerprint density at radius 1 is 1.27 bits per heavy atom. The van der Waals surface area contributed by atoms with Gasteiger partial charge in [0.05, 0.1) is 6.10 Å². The molecule has 1 aliphatic carbocycles. The summed E-state index contributed by atoms with van der Waals surface area (Å²) in [5.41, 5.74) is 0. The van der Waals surface area contributed by atoms with E-state index in [0.717, 1.165) is 11.8 Å². The molecule has 64 valence electrons. The smallest absolute Gasteiger partial charge is 0.0752 e. The Morgan fingerprint density at radius 2 is 2.00 bits per heavy atom. The maximum Gasteiger partial charge on any atom is 0.0752 e. The maximum absolute atomic E-state index is 5.23. The van der Waals surface area contributed by atoms with Crippen molar-refractivity contribution >= 4 is 0 Å². The van der Waals surface area contributed by atoms with Crippen molar-refractivity contribution in [3.63, 3.8) is 0 Å². The highest BCUT2D eigenvalue weighted by Gasteiger charge is 2.17. The summed E-state index contributed by atoms with van der Waals surface area (Å²) in [7, 11) is 1.78. The second kappa shape index (κ2) is 3.91. The Morgan fingerprint density at radius 3 is 2.36 bits per heavy atom. The van der Waals surface area contributed by atoms with Gasteiger partial charge in [0.2, 0.25) is 0 Å². The van der Waals surface area contributed by atoms with Crippen LogP contribution in [0.4, 0.5) is 0 Å². The molecular weight excluding hydrogens is 136 g/mol. The van der Waals surface area contributed by atoms with Gasteiger partial charge in [0.1, 0.15) is 0 Å². The zero-order valence-corrected chi connectivity index (χ0v) is 7.71. The fraction of sp³-hybridized carbons (Fsp3) is 0.800. The molecule has 1 rings (SSSR count). The molecular formula is C10H18O. The molecule has 0 amide bonds. The highest BCUT2D eigenvalue weighted by Crippen LogP contribution is 2.25. The van der Waals surface area contributed by atoms with Crippen LogP contribution in [0.15, 0.2) is 12.2 Å². The topological polar surface area (TPSA) is 9.23 Å². The first-order valence-electron chi connectivity index (χ1n) is 4.45. The van der Waals surface area contributed by atoms with Crippen molar-refractivity contribution < 1.29 is 4.74 Å². The van der Waals surface area contributed by atoms with Crippen LogP contribution in [0.1, 0.15) is 26.7 Å². The Kier molecular flexibility index (Phi) is 3.13. The van der Waals surface area contributed by atoms with Gasteiger partial charge in [0.15, 0.2) is 0 Å². The minimum atomic E-state index is 0.380. The fourth-order valence-electron chi connectivity index (χ4n) is 1.57. The Labute approximate surface area is 69.4 Å². The lowest BCUT2D eigenvalue weighted by atomic mass is 9.86. The van der Waals surface area contributed by atoms with E-state index in [2.05, 4.69) is 26.0 Å². The largest absolute Gasteiger partial charge is 0.377 e. The minimum Gasteiger partial charge on any atom is -0.377 e. The Hall–Kier alpha value is -0.300. The van der Waals surface area contributed by atoms with Gasteiger partial charge >= 0.3 is 0 Å². The molecule has 2 unspecified atom stereocenters. The van der Waals surface area contributed by atoms with Gasteiger partial charge in [-0.25, -0.2) is 0 Å². The third kappa shape index (κ3) is 2.33. The number of ether oxygens (including phenoxy) is 1. The molecule has 0 aromatic heterocycles. The summed E-state index contributed by atoms with van der Waals surface area (Å²) in [6.07, 6.45) is 7.36. The molecule has 11 heavy (non-hydrogen) atoms. The van der Waals surface area contributed by atoms with Crippen LogP contribution in [0.25, 0.3) is 0 Å². The number of allylic oxidation sites excluding steroid dienone is 1. The number of rotatable bonds is 2. The van der Waals surface area contributed by atoms with Crippen LogP contribution >= 0.6 is 0 Å². The second-order valence-corrected chi connectivity index (χ2v) is 3.64. The average Bonchev–Trinajstić information content (AvgIpc) is 2.05. The molecule has 0 fully saturated rings. The summed E-state index contributed by atoms with van der Waals surface area (Å²) in [5.74, 6) is 1.56. The quantitative estimate of drug-likeness (QED) is 0.555. The SMILES string of the molecule is COC1C=CC(C(C)C)CC1. The van der Waals surface area contributed by atoms with Gasteiger partial charge in [-0.15, -0.1) is 0 Å². The summed E-state index contributed by atoms with van der Waals surface area (Å²) in [6, 6.07) is 0. The van der Waals surface area contributed by atoms with E-state index in [9.17, 15) is 0 Å². The minimum absolute atomic E-state index is 0.380. The molecule has 0 aromatic carbocycles. The van der Waals surface area contributed by atoms with E-state index in [0.29, 0.717) is 6.10 Å². The van der Waals surface area contributed by atoms with Crippen molar-refractivity contribution in [2.24, 2.45) is 11.8 Å². The molecule has 0 aliphatic heterocycles. The molecule has 0 spiro atoms. The van der Waals surface area contributed by atoms with Crippen LogP contribution in [0.3, 0.4) is 0 Å². The van der Waals surface area contributed by atoms with E-state index in [1.165, 1.54) is 12.8 Å². The molecule has 1 heteroatoms. The van der Waals surface area contributed by atoms with Crippen LogP contribution in [0.2, 0.25) is 0 Å². The van der Waals surface area contributed by atoms with Gasteiger partial charge < -0.3 is 4.74 Å². The lowest BCUT2D eigenvalue weighted by Gasteiger charge is -2.24. The molecule has 1 aliphatic rings. The van der Waals surface area contributed by atoms with Crippen molar-refractivity contribution in [3.8, 4) is 0 Å². The highest BCUT2D eigenvalue weighted by atomic mass is 16.5. The third-order valence-electron chi connectivity index (χ3n) is 2.52. The highest BCUT2D eigenvalue weighted by molar-refractivity contribution is 4.99. The molecule has 0 radical (unpaired) electrons. The van der Waals surface area contributed by atoms with E-state index in [1.807, 2.05) is 0 Å². The van der Waals surface area contributed by atoms with Crippen LogP contribution < -0.4 is 0 Å². The first-order chi connectivity index (χ1) is 5.24. The molecule has 0 bridgehead atoms. The van der Waals surface area contributed by atoms with E-state index in [-0.39, 0.29) is 0 Å². The fourth-order valence-corrected chi connectivity index (χ4v) is 1.57. The molecule has 0 saturated heterocycles. The first kappa shape index (κ1) is 8.79. The van der Waals surface area contributed by atoms with E-state index < -0.39 is 0 Å². The maximum atomic E-state index is 5.23. The predicted molar refractivity (Wildman–Crippen MR) is 47.5 cm³/mol. The lowest BCUT2D eigenvalue weighted by Crippen LogP contribution is -2.17. The van der Waals surface area contributed by atoms with Gasteiger partial charge in [-0.1, -0.05) is 26.0 Å². The summed E-state index contributed by atoms with van der Waals surface area (Å²) >= 11 is 0. The Balaban J connectivity index is 2.42. The Bertz CT molecular complexity index is 138. The van der Waals surface area contributed by atoms with Gasteiger partial charge in [0, 0.05) is 7.11 Å². The lowest BCUT2D eigenvalue weighted by molar-refractivity contribution is 0.119. The van der Waals surface area contributed by atoms with Crippen LogP contribution in [-0.4, -0.2) is 13.2 Å². The zero-order chi connectivity index (χ0) is 8.27. The second-order valence-electron chi connectivity index (χ2n) is 3.64. The summed E-state index contributed by atoms with van der Waals surface area (Å²) in [5, 5.41) is 0. The standard InChI is InChI=1S/C10H18O/c1-8(2)9-4-6-10(11-3)7-5-9/h4,6,8-10H,5,7H2,1-3H3. The number of hydrogen-bond acceptors (Lipinski definition) is 1. The van der Waals surface area contributed by atoms with E-state index >= 15 is 0 Å². The van der Waals surface area contributed by atoms with Gasteiger partial charge in [-0.05, 0) is 24.7 Å². The summed E-state index contributed by atoms with van der Waals surface area (Å²) in [6.45, 7) is 4.56. The monoisotopic (exact) mass is 154 g/mol. The van der Waals surface area contributed by atoms with Crippen LogP contribution in [0.5, 0.6) is 0 Å². The third-order valence-corrected chi connectivity index (χ3v) is 2.52. The van der Waals surface area contributed by atoms with Crippen molar-refractivity contribution in [2.75, 3.05) is 7.11 Å². The molecule has 0 saturated carbocycles. The number of hydrogen-bond donors (Lipinski definition) is 0. The summed E-state index contributed by atoms with van der Waals surface area (Å²) in [4.78, 5) is 0. The molecule has 0 aromatic rings. The van der Waals surface area contributed by atoms with Gasteiger partial charge in [-0.3, -0.25) is 0 Å². The summed E-state index contributed by atoms with van der Waals surface area (Å²) < 4.78 is 5.23. The molecule has 0 heterocycles.